The average molecular weight is 254 g/mol. The predicted molar refractivity (Wildman–Crippen MR) is 68.2 cm³/mol. The van der Waals surface area contributed by atoms with Gasteiger partial charge in [0.2, 0.25) is 5.82 Å². The van der Waals surface area contributed by atoms with E-state index in [4.69, 9.17) is 5.11 Å². The molecule has 1 amide bonds. The summed E-state index contributed by atoms with van der Waals surface area (Å²) in [6.07, 6.45) is 3.47. The molecule has 0 bridgehead atoms. The second kappa shape index (κ2) is 7.81. The van der Waals surface area contributed by atoms with Gasteiger partial charge < -0.3 is 10.4 Å². The highest BCUT2D eigenvalue weighted by Crippen LogP contribution is 2.09. The van der Waals surface area contributed by atoms with Crippen LogP contribution in [0, 0.1) is 5.92 Å². The number of rotatable bonds is 8. The number of aliphatic hydroxyl groups is 1. The van der Waals surface area contributed by atoms with E-state index in [0.717, 1.165) is 19.3 Å². The van der Waals surface area contributed by atoms with Crippen LogP contribution < -0.4 is 5.32 Å². The summed E-state index contributed by atoms with van der Waals surface area (Å²) in [7, 11) is 0. The molecule has 0 radical (unpaired) electrons. The van der Waals surface area contributed by atoms with Crippen LogP contribution in [0.5, 0.6) is 0 Å². The van der Waals surface area contributed by atoms with Gasteiger partial charge in [0.15, 0.2) is 0 Å². The molecular formula is C12H22N4O2. The highest BCUT2D eigenvalue weighted by Gasteiger charge is 2.14. The minimum Gasteiger partial charge on any atom is -0.396 e. The van der Waals surface area contributed by atoms with Crippen molar-refractivity contribution in [2.45, 2.75) is 39.5 Å². The first-order valence-corrected chi connectivity index (χ1v) is 6.51. The van der Waals surface area contributed by atoms with Crippen LogP contribution in [0.25, 0.3) is 0 Å². The van der Waals surface area contributed by atoms with E-state index in [1.165, 1.54) is 0 Å². The number of aliphatic hydroxyl groups excluding tert-OH is 1. The van der Waals surface area contributed by atoms with Crippen LogP contribution in [-0.4, -0.2) is 39.3 Å². The Morgan fingerprint density at radius 2 is 2.22 bits per heavy atom. The van der Waals surface area contributed by atoms with Gasteiger partial charge >= 0.3 is 0 Å². The van der Waals surface area contributed by atoms with Gasteiger partial charge in [0.05, 0.1) is 0 Å². The maximum absolute atomic E-state index is 11.8. The van der Waals surface area contributed by atoms with Crippen LogP contribution in [0.15, 0.2) is 0 Å². The van der Waals surface area contributed by atoms with E-state index in [2.05, 4.69) is 27.4 Å². The summed E-state index contributed by atoms with van der Waals surface area (Å²) < 4.78 is 0. The second-order valence-electron chi connectivity index (χ2n) is 4.34. The zero-order valence-electron chi connectivity index (χ0n) is 11.1. The predicted octanol–water partition coefficient (Wildman–Crippen LogP) is 0.896. The normalized spacial score (nSPS) is 12.4. The van der Waals surface area contributed by atoms with Crippen molar-refractivity contribution >= 4 is 5.91 Å². The lowest BCUT2D eigenvalue weighted by molar-refractivity contribution is 0.0933. The molecular weight excluding hydrogens is 232 g/mol. The Morgan fingerprint density at radius 1 is 1.44 bits per heavy atom. The van der Waals surface area contributed by atoms with Crippen LogP contribution in [0.3, 0.4) is 0 Å². The fourth-order valence-electron chi connectivity index (χ4n) is 1.81. The number of carbonyl (C=O) groups excluding carboxylic acids is 1. The molecule has 0 spiro atoms. The molecule has 0 aliphatic heterocycles. The van der Waals surface area contributed by atoms with Crippen molar-refractivity contribution in [1.82, 2.24) is 20.5 Å². The number of amides is 1. The van der Waals surface area contributed by atoms with Crippen LogP contribution in [0.4, 0.5) is 0 Å². The molecule has 6 nitrogen and oxygen atoms in total. The number of hydrogen-bond acceptors (Lipinski definition) is 4. The van der Waals surface area contributed by atoms with Crippen LogP contribution in [-0.2, 0) is 6.42 Å². The van der Waals surface area contributed by atoms with Gasteiger partial charge in [0, 0.05) is 19.6 Å². The van der Waals surface area contributed by atoms with Crippen molar-refractivity contribution in [2.24, 2.45) is 5.92 Å². The maximum atomic E-state index is 11.8. The Morgan fingerprint density at radius 3 is 2.78 bits per heavy atom. The zero-order chi connectivity index (χ0) is 13.4. The molecule has 0 aliphatic rings. The van der Waals surface area contributed by atoms with E-state index in [1.807, 2.05) is 6.92 Å². The van der Waals surface area contributed by atoms with Crippen molar-refractivity contribution in [1.29, 1.82) is 0 Å². The van der Waals surface area contributed by atoms with E-state index in [1.54, 1.807) is 0 Å². The molecule has 1 aromatic heterocycles. The summed E-state index contributed by atoms with van der Waals surface area (Å²) in [6, 6.07) is 0. The van der Waals surface area contributed by atoms with Gasteiger partial charge in [-0.25, -0.2) is 4.98 Å². The fraction of sp³-hybridized carbons (Fsp3) is 0.750. The molecule has 1 unspecified atom stereocenters. The van der Waals surface area contributed by atoms with Gasteiger partial charge in [-0.2, -0.15) is 0 Å². The van der Waals surface area contributed by atoms with Crippen molar-refractivity contribution in [3.05, 3.63) is 11.6 Å². The monoisotopic (exact) mass is 254 g/mol. The van der Waals surface area contributed by atoms with Crippen molar-refractivity contribution < 1.29 is 9.90 Å². The van der Waals surface area contributed by atoms with E-state index >= 15 is 0 Å². The molecule has 1 rings (SSSR count). The molecule has 0 fully saturated rings. The molecule has 1 atom stereocenters. The first-order chi connectivity index (χ1) is 8.71. The number of carbonyl (C=O) groups is 1. The third-order valence-electron chi connectivity index (χ3n) is 2.86. The minimum absolute atomic E-state index is 0.154. The molecule has 102 valence electrons. The Kier molecular flexibility index (Phi) is 6.35. The van der Waals surface area contributed by atoms with Crippen molar-refractivity contribution in [3.63, 3.8) is 0 Å². The molecule has 0 aliphatic carbocycles. The highest BCUT2D eigenvalue weighted by atomic mass is 16.3. The number of nitrogens with one attached hydrogen (secondary N) is 2. The van der Waals surface area contributed by atoms with Gasteiger partial charge in [-0.15, -0.1) is 5.10 Å². The molecule has 0 saturated carbocycles. The number of hydrogen-bond donors (Lipinski definition) is 3. The molecule has 1 aromatic rings. The molecule has 1 heterocycles. The largest absolute Gasteiger partial charge is 0.396 e. The fourth-order valence-corrected chi connectivity index (χ4v) is 1.81. The number of nitrogens with zero attached hydrogens (tertiary/aromatic N) is 2. The summed E-state index contributed by atoms with van der Waals surface area (Å²) in [5.41, 5.74) is 0. The van der Waals surface area contributed by atoms with Gasteiger partial charge in [-0.05, 0) is 18.8 Å². The van der Waals surface area contributed by atoms with Crippen LogP contribution in [0.2, 0.25) is 0 Å². The number of aromatic nitrogens is 3. The molecule has 6 heteroatoms. The topological polar surface area (TPSA) is 90.9 Å². The lowest BCUT2D eigenvalue weighted by Crippen LogP contribution is -2.30. The minimum atomic E-state index is -0.259. The maximum Gasteiger partial charge on any atom is 0.290 e. The summed E-state index contributed by atoms with van der Waals surface area (Å²) in [4.78, 5) is 15.8. The van der Waals surface area contributed by atoms with E-state index < -0.39 is 0 Å². The molecule has 0 saturated heterocycles. The van der Waals surface area contributed by atoms with Crippen molar-refractivity contribution in [2.75, 3.05) is 13.2 Å². The summed E-state index contributed by atoms with van der Waals surface area (Å²) in [6.45, 7) is 4.75. The smallest absolute Gasteiger partial charge is 0.290 e. The van der Waals surface area contributed by atoms with Crippen LogP contribution in [0.1, 0.15) is 49.6 Å². The summed E-state index contributed by atoms with van der Waals surface area (Å²) in [5, 5.41) is 18.3. The highest BCUT2D eigenvalue weighted by molar-refractivity contribution is 5.90. The summed E-state index contributed by atoms with van der Waals surface area (Å²) >= 11 is 0. The van der Waals surface area contributed by atoms with E-state index in [9.17, 15) is 4.79 Å². The van der Waals surface area contributed by atoms with Gasteiger partial charge in [-0.1, -0.05) is 20.3 Å². The molecule has 18 heavy (non-hydrogen) atoms. The van der Waals surface area contributed by atoms with E-state index in [0.29, 0.717) is 24.7 Å². The van der Waals surface area contributed by atoms with Gasteiger partial charge in [0.1, 0.15) is 5.82 Å². The van der Waals surface area contributed by atoms with E-state index in [-0.39, 0.29) is 18.3 Å². The number of aromatic amines is 1. The third-order valence-corrected chi connectivity index (χ3v) is 2.86. The zero-order valence-corrected chi connectivity index (χ0v) is 11.1. The van der Waals surface area contributed by atoms with Crippen molar-refractivity contribution in [3.8, 4) is 0 Å². The lowest BCUT2D eigenvalue weighted by Gasteiger charge is -2.14. The second-order valence-corrected chi connectivity index (χ2v) is 4.34. The van der Waals surface area contributed by atoms with Crippen LogP contribution >= 0.6 is 0 Å². The lowest BCUT2D eigenvalue weighted by atomic mass is 10.0. The van der Waals surface area contributed by atoms with Gasteiger partial charge in [-0.3, -0.25) is 9.89 Å². The Bertz CT molecular complexity index is 359. The average Bonchev–Trinajstić information content (AvgIpc) is 2.85. The summed E-state index contributed by atoms with van der Waals surface area (Å²) in [5.74, 6) is 0.949. The third kappa shape index (κ3) is 4.44. The quantitative estimate of drug-likeness (QED) is 0.642. The van der Waals surface area contributed by atoms with Gasteiger partial charge in [0.25, 0.3) is 5.91 Å². The SMILES string of the molecule is CCCC(CCO)CNC(=O)c1n[nH]c(CC)n1. The first kappa shape index (κ1) is 14.6. The standard InChI is InChI=1S/C12H22N4O2/c1-3-5-9(6-7-17)8-13-12(18)11-14-10(4-2)15-16-11/h9,17H,3-8H2,1-2H3,(H,13,18)(H,14,15,16). The Balaban J connectivity index is 2.43. The Hall–Kier alpha value is -1.43. The molecule has 3 N–H and O–H groups in total. The number of aryl methyl sites for hydroxylation is 1. The Labute approximate surface area is 107 Å². The number of H-pyrrole nitrogens is 1. The first-order valence-electron chi connectivity index (χ1n) is 6.51. The molecule has 0 aromatic carbocycles.